The van der Waals surface area contributed by atoms with Crippen LogP contribution in [0.25, 0.3) is 21.6 Å². The average molecular weight is 451 g/mol. The van der Waals surface area contributed by atoms with Gasteiger partial charge in [-0.2, -0.15) is 4.37 Å². The van der Waals surface area contributed by atoms with E-state index in [1.54, 1.807) is 31.5 Å². The lowest BCUT2D eigenvalue weighted by Crippen LogP contribution is -2.09. The molecule has 1 aromatic heterocycles. The molecule has 0 aliphatic carbocycles. The Kier molecular flexibility index (Phi) is 5.46. The van der Waals surface area contributed by atoms with Crippen molar-refractivity contribution in [2.24, 2.45) is 0 Å². The second-order valence-corrected chi connectivity index (χ2v) is 10.1. The number of fused-ring (bicyclic) bond motifs is 1. The molecule has 0 radical (unpaired) electrons. The molecule has 8 nitrogen and oxygen atoms in total. The molecule has 3 aromatic rings. The van der Waals surface area contributed by atoms with E-state index in [-0.39, 0.29) is 23.1 Å². The van der Waals surface area contributed by atoms with Gasteiger partial charge in [-0.05, 0) is 48.2 Å². The molecule has 0 amide bonds. The van der Waals surface area contributed by atoms with Crippen molar-refractivity contribution in [3.63, 3.8) is 0 Å². The highest BCUT2D eigenvalue weighted by Crippen LogP contribution is 2.52. The number of nitrogens with zero attached hydrogens (tertiary/aromatic N) is 1. The summed E-state index contributed by atoms with van der Waals surface area (Å²) in [4.78, 5) is 23.6. The van der Waals surface area contributed by atoms with E-state index in [4.69, 9.17) is 18.9 Å². The van der Waals surface area contributed by atoms with Crippen molar-refractivity contribution in [1.29, 1.82) is 0 Å². The van der Waals surface area contributed by atoms with Gasteiger partial charge in [-0.1, -0.05) is 17.4 Å². The lowest BCUT2D eigenvalue weighted by molar-refractivity contribution is -0.302. The highest BCUT2D eigenvalue weighted by molar-refractivity contribution is 8.53. The van der Waals surface area contributed by atoms with E-state index in [0.29, 0.717) is 28.6 Å². The Bertz CT molecular complexity index is 1110. The highest BCUT2D eigenvalue weighted by Gasteiger charge is 2.23. The number of hydrogen-bond donors (Lipinski definition) is 0. The van der Waals surface area contributed by atoms with Gasteiger partial charge >= 0.3 is 0 Å². The third-order valence-electron chi connectivity index (χ3n) is 4.18. The Labute approximate surface area is 174 Å². The van der Waals surface area contributed by atoms with Crippen LogP contribution < -0.4 is 28.7 Å². The maximum Gasteiger partial charge on any atom is 0.231 e. The van der Waals surface area contributed by atoms with E-state index in [0.717, 1.165) is 16.0 Å². The summed E-state index contributed by atoms with van der Waals surface area (Å²) in [5.74, 6) is 1.97. The van der Waals surface area contributed by atoms with Crippen LogP contribution in [0.2, 0.25) is 0 Å². The van der Waals surface area contributed by atoms with Gasteiger partial charge in [-0.25, -0.2) is 0 Å². The van der Waals surface area contributed by atoms with Gasteiger partial charge in [0.25, 0.3) is 0 Å². The molecule has 0 saturated carbocycles. The Morgan fingerprint density at radius 1 is 1.10 bits per heavy atom. The number of methoxy groups -OCH3 is 2. The van der Waals surface area contributed by atoms with Gasteiger partial charge in [0.2, 0.25) is 12.5 Å². The topological polar surface area (TPSA) is 113 Å². The summed E-state index contributed by atoms with van der Waals surface area (Å²) in [6.45, 7) is -4.72. The molecular weight excluding hydrogens is 437 g/mol. The summed E-state index contributed by atoms with van der Waals surface area (Å²) >= 11 is 1.51. The molecular formula is C18H14NO7PS2-2. The normalized spacial score (nSPS) is 12.8. The molecule has 29 heavy (non-hydrogen) atoms. The number of aromatic nitrogens is 1. The van der Waals surface area contributed by atoms with Gasteiger partial charge in [-0.15, -0.1) is 0 Å². The molecule has 0 spiro atoms. The monoisotopic (exact) mass is 451 g/mol. The van der Waals surface area contributed by atoms with Crippen LogP contribution in [0.15, 0.2) is 41.4 Å². The van der Waals surface area contributed by atoms with E-state index in [9.17, 15) is 14.4 Å². The van der Waals surface area contributed by atoms with Crippen molar-refractivity contribution < 1.29 is 33.3 Å². The van der Waals surface area contributed by atoms with Crippen molar-refractivity contribution in [1.82, 2.24) is 4.37 Å². The van der Waals surface area contributed by atoms with Crippen molar-refractivity contribution in [3.05, 3.63) is 36.5 Å². The van der Waals surface area contributed by atoms with Crippen LogP contribution in [0, 0.1) is 0 Å². The average Bonchev–Trinajstić information content (AvgIpc) is 3.35. The van der Waals surface area contributed by atoms with Crippen LogP contribution in [-0.4, -0.2) is 25.4 Å². The molecule has 4 rings (SSSR count). The van der Waals surface area contributed by atoms with Gasteiger partial charge < -0.3 is 33.3 Å². The molecule has 0 N–H and O–H groups in total. The number of ether oxygens (including phenoxy) is 4. The summed E-state index contributed by atoms with van der Waals surface area (Å²) < 4.78 is 37.1. The second-order valence-electron chi connectivity index (χ2n) is 5.89. The largest absolute Gasteiger partial charge is 0.803 e. The minimum atomic E-state index is -4.84. The molecule has 0 unspecified atom stereocenters. The van der Waals surface area contributed by atoms with E-state index in [2.05, 4.69) is 4.37 Å². The summed E-state index contributed by atoms with van der Waals surface area (Å²) in [6, 6.07) is 8.66. The summed E-state index contributed by atoms with van der Waals surface area (Å²) in [7, 11) is 2.96. The molecule has 0 saturated heterocycles. The van der Waals surface area contributed by atoms with E-state index in [1.165, 1.54) is 18.6 Å². The first-order valence-corrected chi connectivity index (χ1v) is 12.0. The van der Waals surface area contributed by atoms with Gasteiger partial charge in [0.1, 0.15) is 5.75 Å². The van der Waals surface area contributed by atoms with E-state index < -0.39 is 6.80 Å². The standard InChI is InChI=1S/C18H16NO7PS2/c1-23-13-4-3-10(7-16(13)29-27(20,21)22)12-8-19-28-18(12)11-5-14(24-2)17-15(6-11)25-9-26-17/h3-8H,9H2,1-2H3,(H2,20,21,22)/p-2. The van der Waals surface area contributed by atoms with Crippen molar-refractivity contribution in [3.8, 4) is 44.6 Å². The smallest absolute Gasteiger partial charge is 0.231 e. The van der Waals surface area contributed by atoms with Crippen LogP contribution in [-0.2, 0) is 4.57 Å². The Balaban J connectivity index is 1.80. The van der Waals surface area contributed by atoms with Crippen LogP contribution in [0.5, 0.6) is 23.0 Å². The van der Waals surface area contributed by atoms with Gasteiger partial charge in [0, 0.05) is 17.3 Å². The predicted molar refractivity (Wildman–Crippen MR) is 106 cm³/mol. The highest BCUT2D eigenvalue weighted by atomic mass is 32.7. The number of rotatable bonds is 6. The second kappa shape index (κ2) is 7.89. The third-order valence-corrected chi connectivity index (χ3v) is 7.03. The van der Waals surface area contributed by atoms with E-state index in [1.807, 2.05) is 12.1 Å². The molecule has 2 aromatic carbocycles. The zero-order valence-electron chi connectivity index (χ0n) is 15.2. The van der Waals surface area contributed by atoms with Crippen molar-refractivity contribution >= 4 is 29.7 Å². The maximum atomic E-state index is 11.3. The summed E-state index contributed by atoms with van der Waals surface area (Å²) in [5, 5.41) is 0. The first-order chi connectivity index (χ1) is 13.9. The van der Waals surface area contributed by atoms with Gasteiger partial charge in [-0.3, -0.25) is 0 Å². The lowest BCUT2D eigenvalue weighted by Gasteiger charge is -2.28. The summed E-state index contributed by atoms with van der Waals surface area (Å²) in [6.07, 6.45) is 1.68. The van der Waals surface area contributed by atoms with Crippen molar-refractivity contribution in [2.45, 2.75) is 4.90 Å². The fourth-order valence-corrected chi connectivity index (χ4v) is 5.52. The molecule has 1 aliphatic heterocycles. The fraction of sp³-hybridized carbons (Fsp3) is 0.167. The molecule has 0 bridgehead atoms. The zero-order valence-corrected chi connectivity index (χ0v) is 17.8. The molecule has 0 atom stereocenters. The Hall–Kier alpha value is -2.23. The number of benzene rings is 2. The van der Waals surface area contributed by atoms with Crippen molar-refractivity contribution in [2.75, 3.05) is 21.0 Å². The quantitative estimate of drug-likeness (QED) is 0.522. The molecule has 1 aliphatic rings. The SMILES string of the molecule is COc1ccc(-c2cnsc2-c2cc(OC)c3c(c2)OCO3)cc1SP(=O)([O-])[O-]. The van der Waals surface area contributed by atoms with Gasteiger partial charge in [0.15, 0.2) is 11.5 Å². The van der Waals surface area contributed by atoms with E-state index >= 15 is 0 Å². The van der Waals surface area contributed by atoms with Crippen LogP contribution in [0.4, 0.5) is 0 Å². The Morgan fingerprint density at radius 3 is 2.62 bits per heavy atom. The summed E-state index contributed by atoms with van der Waals surface area (Å²) in [5.41, 5.74) is 2.28. The molecule has 11 heteroatoms. The zero-order chi connectivity index (χ0) is 20.6. The first kappa shape index (κ1) is 20.1. The first-order valence-electron chi connectivity index (χ1n) is 8.22. The predicted octanol–water partition coefficient (Wildman–Crippen LogP) is 3.14. The van der Waals surface area contributed by atoms with Crippen LogP contribution in [0.3, 0.4) is 0 Å². The number of hydrogen-bond acceptors (Lipinski definition) is 10. The van der Waals surface area contributed by atoms with Crippen LogP contribution >= 0.6 is 29.7 Å². The fourth-order valence-electron chi connectivity index (χ4n) is 2.95. The van der Waals surface area contributed by atoms with Gasteiger partial charge in [0.05, 0.1) is 24.0 Å². The maximum absolute atomic E-state index is 11.3. The molecule has 152 valence electrons. The lowest BCUT2D eigenvalue weighted by atomic mass is 10.0. The Morgan fingerprint density at radius 2 is 1.90 bits per heavy atom. The third kappa shape index (κ3) is 4.08. The minimum Gasteiger partial charge on any atom is -0.803 e. The minimum absolute atomic E-state index is 0.119. The molecule has 2 heterocycles. The van der Waals surface area contributed by atoms with Crippen LogP contribution in [0.1, 0.15) is 0 Å². The molecule has 0 fully saturated rings.